The third kappa shape index (κ3) is 2.76. The lowest BCUT2D eigenvalue weighted by atomic mass is 9.75. The molecule has 1 aliphatic heterocycles. The van der Waals surface area contributed by atoms with E-state index in [-0.39, 0.29) is 0 Å². The van der Waals surface area contributed by atoms with Gasteiger partial charge in [-0.1, -0.05) is 36.8 Å². The second-order valence-electron chi connectivity index (χ2n) is 6.16. The Hall–Kier alpha value is -0.860. The van der Waals surface area contributed by atoms with Crippen LogP contribution in [0.2, 0.25) is 0 Å². The first kappa shape index (κ1) is 13.6. The van der Waals surface area contributed by atoms with Gasteiger partial charge < -0.3 is 10.0 Å². The van der Waals surface area contributed by atoms with Crippen LogP contribution in [0.5, 0.6) is 0 Å². The molecule has 0 radical (unpaired) electrons. The third-order valence-electron chi connectivity index (χ3n) is 4.51. The van der Waals surface area contributed by atoms with E-state index < -0.39 is 5.60 Å². The second-order valence-corrected chi connectivity index (χ2v) is 6.16. The Morgan fingerprint density at radius 1 is 1.28 bits per heavy atom. The fraction of sp³-hybridized carbons (Fsp3) is 0.625. The van der Waals surface area contributed by atoms with Gasteiger partial charge in [0.1, 0.15) is 0 Å². The Morgan fingerprint density at radius 3 is 2.50 bits per heavy atom. The van der Waals surface area contributed by atoms with Crippen molar-refractivity contribution in [1.29, 1.82) is 0 Å². The van der Waals surface area contributed by atoms with Gasteiger partial charge in [-0.25, -0.2) is 0 Å². The zero-order valence-electron chi connectivity index (χ0n) is 12.0. The zero-order chi connectivity index (χ0) is 13.3. The van der Waals surface area contributed by atoms with Crippen LogP contribution in [0.1, 0.15) is 31.4 Å². The first-order valence-corrected chi connectivity index (χ1v) is 6.89. The molecule has 1 aromatic rings. The normalized spacial score (nSPS) is 33.6. The smallest absolute Gasteiger partial charge is 0.0740 e. The quantitative estimate of drug-likeness (QED) is 0.868. The molecule has 1 heterocycles. The molecule has 2 heteroatoms. The third-order valence-corrected chi connectivity index (χ3v) is 4.51. The first-order valence-electron chi connectivity index (χ1n) is 6.89. The molecular formula is C16H25NO. The maximum Gasteiger partial charge on any atom is 0.0740 e. The standard InChI is InChI=1S/C16H25NO/c1-12-5-7-15(8-6-12)10-16(18)9-14(3)17(4)11-13(16)2/h5-8,13-14,18H,9-11H2,1-4H3/t13-,14-,16-/m1/s1. The molecule has 0 aliphatic carbocycles. The van der Waals surface area contributed by atoms with E-state index in [0.717, 1.165) is 19.4 Å². The van der Waals surface area contributed by atoms with Gasteiger partial charge in [0, 0.05) is 19.0 Å². The van der Waals surface area contributed by atoms with Crippen LogP contribution in [0.3, 0.4) is 0 Å². The lowest BCUT2D eigenvalue weighted by molar-refractivity contribution is -0.0778. The molecule has 1 aromatic carbocycles. The summed E-state index contributed by atoms with van der Waals surface area (Å²) < 4.78 is 0. The number of aryl methyl sites for hydroxylation is 1. The second kappa shape index (κ2) is 5.02. The summed E-state index contributed by atoms with van der Waals surface area (Å²) in [6, 6.07) is 8.99. The molecule has 1 saturated heterocycles. The van der Waals surface area contributed by atoms with Gasteiger partial charge >= 0.3 is 0 Å². The van der Waals surface area contributed by atoms with E-state index in [2.05, 4.69) is 57.0 Å². The highest BCUT2D eigenvalue weighted by atomic mass is 16.3. The van der Waals surface area contributed by atoms with Crippen LogP contribution in [-0.4, -0.2) is 35.2 Å². The molecule has 100 valence electrons. The van der Waals surface area contributed by atoms with Crippen molar-refractivity contribution in [3.05, 3.63) is 35.4 Å². The van der Waals surface area contributed by atoms with Crippen LogP contribution in [0.15, 0.2) is 24.3 Å². The predicted octanol–water partition coefficient (Wildman–Crippen LogP) is 2.63. The molecule has 0 unspecified atom stereocenters. The van der Waals surface area contributed by atoms with E-state index in [9.17, 15) is 5.11 Å². The maximum atomic E-state index is 10.9. The minimum absolute atomic E-state index is 0.319. The predicted molar refractivity (Wildman–Crippen MR) is 75.7 cm³/mol. The van der Waals surface area contributed by atoms with Crippen molar-refractivity contribution >= 4 is 0 Å². The molecular weight excluding hydrogens is 222 g/mol. The molecule has 0 spiro atoms. The van der Waals surface area contributed by atoms with Gasteiger partial charge in [0.2, 0.25) is 0 Å². The molecule has 0 saturated carbocycles. The van der Waals surface area contributed by atoms with Gasteiger partial charge in [-0.3, -0.25) is 0 Å². The largest absolute Gasteiger partial charge is 0.389 e. The van der Waals surface area contributed by atoms with Crippen molar-refractivity contribution in [3.63, 3.8) is 0 Å². The van der Waals surface area contributed by atoms with E-state index in [0.29, 0.717) is 12.0 Å². The van der Waals surface area contributed by atoms with Crippen LogP contribution in [-0.2, 0) is 6.42 Å². The average molecular weight is 247 g/mol. The molecule has 2 nitrogen and oxygen atoms in total. The Balaban J connectivity index is 2.13. The summed E-state index contributed by atoms with van der Waals surface area (Å²) in [5.74, 6) is 0.319. The van der Waals surface area contributed by atoms with Gasteiger partial charge in [-0.15, -0.1) is 0 Å². The van der Waals surface area contributed by atoms with Crippen molar-refractivity contribution < 1.29 is 5.11 Å². The molecule has 1 N–H and O–H groups in total. The lowest BCUT2D eigenvalue weighted by Gasteiger charge is -2.46. The fourth-order valence-electron chi connectivity index (χ4n) is 2.96. The van der Waals surface area contributed by atoms with Crippen LogP contribution in [0.4, 0.5) is 0 Å². The topological polar surface area (TPSA) is 23.5 Å². The van der Waals surface area contributed by atoms with Gasteiger partial charge in [-0.2, -0.15) is 0 Å². The first-order chi connectivity index (χ1) is 8.40. The summed E-state index contributed by atoms with van der Waals surface area (Å²) in [5, 5.41) is 10.9. The van der Waals surface area contributed by atoms with E-state index in [1.54, 1.807) is 0 Å². The summed E-state index contributed by atoms with van der Waals surface area (Å²) >= 11 is 0. The molecule has 0 aromatic heterocycles. The van der Waals surface area contributed by atoms with E-state index in [1.807, 2.05) is 0 Å². The van der Waals surface area contributed by atoms with Crippen molar-refractivity contribution in [1.82, 2.24) is 4.90 Å². The van der Waals surface area contributed by atoms with Crippen LogP contribution in [0, 0.1) is 12.8 Å². The Bertz CT molecular complexity index is 400. The Kier molecular flexibility index (Phi) is 3.79. The molecule has 2 rings (SSSR count). The molecule has 0 bridgehead atoms. The minimum atomic E-state index is -0.554. The molecule has 18 heavy (non-hydrogen) atoms. The number of aliphatic hydroxyl groups is 1. The zero-order valence-corrected chi connectivity index (χ0v) is 12.0. The summed E-state index contributed by atoms with van der Waals surface area (Å²) in [4.78, 5) is 2.34. The minimum Gasteiger partial charge on any atom is -0.389 e. The highest BCUT2D eigenvalue weighted by Crippen LogP contribution is 2.33. The monoisotopic (exact) mass is 247 g/mol. The number of benzene rings is 1. The highest BCUT2D eigenvalue weighted by molar-refractivity contribution is 5.23. The molecule has 0 amide bonds. The van der Waals surface area contributed by atoms with Crippen molar-refractivity contribution in [2.24, 2.45) is 5.92 Å². The number of rotatable bonds is 2. The maximum absolute atomic E-state index is 10.9. The molecule has 3 atom stereocenters. The SMILES string of the molecule is Cc1ccc(C[C@]2(O)C[C@@H](C)N(C)C[C@H]2C)cc1. The van der Waals surface area contributed by atoms with Gasteiger partial charge in [0.05, 0.1) is 5.60 Å². The summed E-state index contributed by atoms with van der Waals surface area (Å²) in [7, 11) is 2.15. The van der Waals surface area contributed by atoms with Gasteiger partial charge in [-0.05, 0) is 38.8 Å². The number of likely N-dealkylation sites (tertiary alicyclic amines) is 1. The summed E-state index contributed by atoms with van der Waals surface area (Å²) in [5.41, 5.74) is 1.96. The van der Waals surface area contributed by atoms with Crippen molar-refractivity contribution in [2.45, 2.75) is 45.3 Å². The summed E-state index contributed by atoms with van der Waals surface area (Å²) in [6.45, 7) is 7.44. The van der Waals surface area contributed by atoms with E-state index in [4.69, 9.17) is 0 Å². The van der Waals surface area contributed by atoms with Crippen LogP contribution >= 0.6 is 0 Å². The van der Waals surface area contributed by atoms with Crippen LogP contribution < -0.4 is 0 Å². The number of piperidine rings is 1. The van der Waals surface area contributed by atoms with Crippen molar-refractivity contribution in [3.8, 4) is 0 Å². The molecule has 1 fully saturated rings. The number of hydrogen-bond acceptors (Lipinski definition) is 2. The highest BCUT2D eigenvalue weighted by Gasteiger charge is 2.40. The number of nitrogens with zero attached hydrogens (tertiary/aromatic N) is 1. The Morgan fingerprint density at radius 2 is 1.89 bits per heavy atom. The summed E-state index contributed by atoms with van der Waals surface area (Å²) in [6.07, 6.45) is 1.63. The number of hydrogen-bond donors (Lipinski definition) is 1. The molecule has 1 aliphatic rings. The lowest BCUT2D eigenvalue weighted by Crippen LogP contribution is -2.54. The van der Waals surface area contributed by atoms with E-state index >= 15 is 0 Å². The van der Waals surface area contributed by atoms with Crippen molar-refractivity contribution in [2.75, 3.05) is 13.6 Å². The van der Waals surface area contributed by atoms with Gasteiger partial charge in [0.15, 0.2) is 0 Å². The van der Waals surface area contributed by atoms with Gasteiger partial charge in [0.25, 0.3) is 0 Å². The van der Waals surface area contributed by atoms with Crippen LogP contribution in [0.25, 0.3) is 0 Å². The van der Waals surface area contributed by atoms with E-state index in [1.165, 1.54) is 11.1 Å². The fourth-order valence-corrected chi connectivity index (χ4v) is 2.96. The average Bonchev–Trinajstić information content (AvgIpc) is 2.30. The Labute approximate surface area is 111 Å².